The van der Waals surface area contributed by atoms with Gasteiger partial charge in [0.25, 0.3) is 0 Å². The molecule has 2 aromatic carbocycles. The Hall–Kier alpha value is -2.33. The molecule has 3 N–H and O–H groups in total. The Morgan fingerprint density at radius 3 is 2.52 bits per heavy atom. The summed E-state index contributed by atoms with van der Waals surface area (Å²) in [5.74, 6) is -0.165. The minimum atomic E-state index is -0.172. The Bertz CT molecular complexity index is 724. The van der Waals surface area contributed by atoms with E-state index in [1.807, 2.05) is 13.8 Å². The topological polar surface area (TPSA) is 58.4 Å². The molecule has 1 heterocycles. The van der Waals surface area contributed by atoms with Crippen LogP contribution in [0.25, 0.3) is 0 Å². The number of hydrogen-bond acceptors (Lipinski definition) is 3. The summed E-state index contributed by atoms with van der Waals surface area (Å²) < 4.78 is 0. The fourth-order valence-electron chi connectivity index (χ4n) is 3.14. The molecule has 3 rings (SSSR count). The zero-order chi connectivity index (χ0) is 17.8. The van der Waals surface area contributed by atoms with Crippen LogP contribution in [0.2, 0.25) is 0 Å². The average Bonchev–Trinajstić information content (AvgIpc) is 3.03. The molecule has 1 aliphatic rings. The van der Waals surface area contributed by atoms with Crippen molar-refractivity contribution in [2.75, 3.05) is 11.4 Å². The maximum atomic E-state index is 12.0. The molecule has 0 aliphatic carbocycles. The van der Waals surface area contributed by atoms with Gasteiger partial charge in [-0.15, -0.1) is 0 Å². The first-order valence-corrected chi connectivity index (χ1v) is 8.98. The fraction of sp³-hybridized carbons (Fsp3) is 0.381. The second-order valence-electron chi connectivity index (χ2n) is 6.98. The molecule has 0 saturated carbocycles. The predicted octanol–water partition coefficient (Wildman–Crippen LogP) is 2.85. The lowest BCUT2D eigenvalue weighted by Crippen LogP contribution is -2.38. The van der Waals surface area contributed by atoms with Crippen molar-refractivity contribution >= 4 is 11.6 Å². The van der Waals surface area contributed by atoms with Gasteiger partial charge in [-0.25, -0.2) is 0 Å². The number of carbonyl (C=O) groups is 1. The van der Waals surface area contributed by atoms with E-state index in [2.05, 4.69) is 58.7 Å². The molecule has 2 atom stereocenters. The standard InChI is InChI=1S/C21H27N3O/c1-15(16(2)22)21(25)23-13-17-7-9-18(10-8-17)14-24-12-11-19-5-3-4-6-20(19)24/h3-10,15-16H,11-14,22H2,1-2H3,(H,23,25). The number of benzene rings is 2. The number of nitrogens with two attached hydrogens (primary N) is 1. The molecule has 25 heavy (non-hydrogen) atoms. The van der Waals surface area contributed by atoms with Crippen molar-refractivity contribution in [2.45, 2.75) is 39.4 Å². The molecule has 4 heteroatoms. The monoisotopic (exact) mass is 337 g/mol. The van der Waals surface area contributed by atoms with Crippen LogP contribution in [0.5, 0.6) is 0 Å². The van der Waals surface area contributed by atoms with Crippen molar-refractivity contribution in [1.29, 1.82) is 0 Å². The van der Waals surface area contributed by atoms with Crippen LogP contribution in [0.1, 0.15) is 30.5 Å². The van der Waals surface area contributed by atoms with Crippen molar-refractivity contribution in [2.24, 2.45) is 11.7 Å². The molecule has 132 valence electrons. The van der Waals surface area contributed by atoms with Crippen molar-refractivity contribution in [3.63, 3.8) is 0 Å². The molecule has 0 radical (unpaired) electrons. The maximum absolute atomic E-state index is 12.0. The lowest BCUT2D eigenvalue weighted by atomic mass is 10.0. The molecule has 0 saturated heterocycles. The first-order valence-electron chi connectivity index (χ1n) is 8.98. The number of rotatable bonds is 6. The van der Waals surface area contributed by atoms with Gasteiger partial charge in [0.05, 0.1) is 0 Å². The quantitative estimate of drug-likeness (QED) is 0.852. The van der Waals surface area contributed by atoms with Gasteiger partial charge >= 0.3 is 0 Å². The zero-order valence-corrected chi connectivity index (χ0v) is 15.0. The van der Waals surface area contributed by atoms with E-state index in [1.165, 1.54) is 16.8 Å². The Balaban J connectivity index is 1.55. The number of nitrogens with one attached hydrogen (secondary N) is 1. The van der Waals surface area contributed by atoms with Crippen molar-refractivity contribution in [3.05, 3.63) is 65.2 Å². The van der Waals surface area contributed by atoms with Crippen LogP contribution in [-0.2, 0) is 24.3 Å². The predicted molar refractivity (Wildman–Crippen MR) is 102 cm³/mol. The number of carbonyl (C=O) groups excluding carboxylic acids is 1. The first kappa shape index (κ1) is 17.5. The summed E-state index contributed by atoms with van der Waals surface area (Å²) in [6.07, 6.45) is 1.12. The minimum absolute atomic E-state index is 0.00718. The lowest BCUT2D eigenvalue weighted by molar-refractivity contribution is -0.125. The molecular formula is C21H27N3O. The third-order valence-corrected chi connectivity index (χ3v) is 5.05. The van der Waals surface area contributed by atoms with Crippen molar-refractivity contribution in [3.8, 4) is 0 Å². The summed E-state index contributed by atoms with van der Waals surface area (Å²) in [7, 11) is 0. The smallest absolute Gasteiger partial charge is 0.224 e. The van der Waals surface area contributed by atoms with E-state index in [0.717, 1.165) is 25.1 Å². The summed E-state index contributed by atoms with van der Waals surface area (Å²) in [5, 5.41) is 2.96. The fourth-order valence-corrected chi connectivity index (χ4v) is 3.14. The highest BCUT2D eigenvalue weighted by Crippen LogP contribution is 2.28. The molecule has 0 aromatic heterocycles. The molecule has 1 aliphatic heterocycles. The third kappa shape index (κ3) is 4.20. The molecule has 0 bridgehead atoms. The molecule has 1 amide bonds. The van der Waals surface area contributed by atoms with Crippen LogP contribution in [0.4, 0.5) is 5.69 Å². The Kier molecular flexibility index (Phi) is 5.39. The van der Waals surface area contributed by atoms with E-state index in [-0.39, 0.29) is 17.9 Å². The van der Waals surface area contributed by atoms with Gasteiger partial charge in [0, 0.05) is 37.3 Å². The average molecular weight is 337 g/mol. The zero-order valence-electron chi connectivity index (χ0n) is 15.0. The van der Waals surface area contributed by atoms with Crippen LogP contribution in [0.3, 0.4) is 0 Å². The highest BCUT2D eigenvalue weighted by molar-refractivity contribution is 5.78. The van der Waals surface area contributed by atoms with E-state index in [0.29, 0.717) is 6.54 Å². The van der Waals surface area contributed by atoms with Gasteiger partial charge < -0.3 is 16.0 Å². The molecule has 2 unspecified atom stereocenters. The molecule has 0 spiro atoms. The van der Waals surface area contributed by atoms with Gasteiger partial charge in [0.2, 0.25) is 5.91 Å². The summed E-state index contributed by atoms with van der Waals surface area (Å²) >= 11 is 0. The Morgan fingerprint density at radius 1 is 1.12 bits per heavy atom. The first-order chi connectivity index (χ1) is 12.0. The van der Waals surface area contributed by atoms with Crippen molar-refractivity contribution < 1.29 is 4.79 Å². The number of anilines is 1. The maximum Gasteiger partial charge on any atom is 0.224 e. The lowest BCUT2D eigenvalue weighted by Gasteiger charge is -2.19. The number of para-hydroxylation sites is 1. The SMILES string of the molecule is CC(N)C(C)C(=O)NCc1ccc(CN2CCc3ccccc32)cc1. The normalized spacial score (nSPS) is 15.6. The van der Waals surface area contributed by atoms with Gasteiger partial charge in [-0.05, 0) is 36.1 Å². The second-order valence-corrected chi connectivity index (χ2v) is 6.98. The van der Waals surface area contributed by atoms with Crippen LogP contribution in [0, 0.1) is 5.92 Å². The van der Waals surface area contributed by atoms with Crippen LogP contribution < -0.4 is 16.0 Å². The number of amides is 1. The molecular weight excluding hydrogens is 310 g/mol. The van der Waals surface area contributed by atoms with Crippen LogP contribution in [0.15, 0.2) is 48.5 Å². The largest absolute Gasteiger partial charge is 0.367 e. The molecule has 2 aromatic rings. The summed E-state index contributed by atoms with van der Waals surface area (Å²) in [6, 6.07) is 17.0. The van der Waals surface area contributed by atoms with Crippen LogP contribution in [-0.4, -0.2) is 18.5 Å². The summed E-state index contributed by atoms with van der Waals surface area (Å²) in [6.45, 7) is 6.26. The van der Waals surface area contributed by atoms with E-state index in [1.54, 1.807) is 0 Å². The Labute approximate surface area is 150 Å². The van der Waals surface area contributed by atoms with E-state index in [4.69, 9.17) is 5.73 Å². The second kappa shape index (κ2) is 7.70. The van der Waals surface area contributed by atoms with Gasteiger partial charge in [-0.2, -0.15) is 0 Å². The summed E-state index contributed by atoms with van der Waals surface area (Å²) in [5.41, 5.74) is 11.0. The highest BCUT2D eigenvalue weighted by Gasteiger charge is 2.18. The third-order valence-electron chi connectivity index (χ3n) is 5.05. The van der Waals surface area contributed by atoms with Gasteiger partial charge in [-0.3, -0.25) is 4.79 Å². The highest BCUT2D eigenvalue weighted by atomic mass is 16.1. The molecule has 0 fully saturated rings. The molecule has 4 nitrogen and oxygen atoms in total. The van der Waals surface area contributed by atoms with Gasteiger partial charge in [0.15, 0.2) is 0 Å². The Morgan fingerprint density at radius 2 is 1.80 bits per heavy atom. The number of fused-ring (bicyclic) bond motifs is 1. The summed E-state index contributed by atoms with van der Waals surface area (Å²) in [4.78, 5) is 14.4. The number of hydrogen-bond donors (Lipinski definition) is 2. The van der Waals surface area contributed by atoms with E-state index >= 15 is 0 Å². The number of nitrogens with zero attached hydrogens (tertiary/aromatic N) is 1. The van der Waals surface area contributed by atoms with Crippen LogP contribution >= 0.6 is 0 Å². The van der Waals surface area contributed by atoms with Crippen molar-refractivity contribution in [1.82, 2.24) is 5.32 Å². The minimum Gasteiger partial charge on any atom is -0.367 e. The van der Waals surface area contributed by atoms with E-state index in [9.17, 15) is 4.79 Å². The van der Waals surface area contributed by atoms with E-state index < -0.39 is 0 Å². The van der Waals surface area contributed by atoms with Gasteiger partial charge in [0.1, 0.15) is 0 Å². The van der Waals surface area contributed by atoms with Gasteiger partial charge in [-0.1, -0.05) is 49.4 Å².